The Kier molecular flexibility index (Phi) is 32.7. The van der Waals surface area contributed by atoms with Gasteiger partial charge in [0, 0.05) is 18.1 Å². The van der Waals surface area contributed by atoms with Gasteiger partial charge in [-0.2, -0.15) is 0 Å². The van der Waals surface area contributed by atoms with Crippen molar-refractivity contribution >= 4 is 35.6 Å². The van der Waals surface area contributed by atoms with E-state index in [4.69, 9.17) is 46.7 Å². The summed E-state index contributed by atoms with van der Waals surface area (Å²) in [6, 6.07) is -3.74. The average molecular weight is 935 g/mol. The maximum absolute atomic E-state index is 11.9. The van der Waals surface area contributed by atoms with Gasteiger partial charge in [-0.25, -0.2) is 0 Å². The van der Waals surface area contributed by atoms with Gasteiger partial charge in [0.05, 0.1) is 76.0 Å². The number of carboxylic acid groups (broad SMARTS) is 3. The van der Waals surface area contributed by atoms with Crippen molar-refractivity contribution in [2.45, 2.75) is 205 Å². The number of carbonyl (C=O) groups excluding carboxylic acids is 3. The van der Waals surface area contributed by atoms with Crippen LogP contribution in [0.1, 0.15) is 156 Å². The zero-order chi connectivity index (χ0) is 51.6. The summed E-state index contributed by atoms with van der Waals surface area (Å²) in [6.07, 6.45) is 2.09. The van der Waals surface area contributed by atoms with Gasteiger partial charge in [0.25, 0.3) is 0 Å². The third-order valence-electron chi connectivity index (χ3n) is 10.8. The van der Waals surface area contributed by atoms with E-state index in [9.17, 15) is 28.8 Å². The predicted molar refractivity (Wildman–Crippen MR) is 255 cm³/mol. The number of hydrogen-bond donors (Lipinski definition) is 9. The zero-order valence-corrected chi connectivity index (χ0v) is 43.2. The van der Waals surface area contributed by atoms with Crippen LogP contribution in [0.25, 0.3) is 0 Å². The molecule has 0 saturated heterocycles. The minimum atomic E-state index is -1.09. The maximum Gasteiger partial charge on any atom is 0.305 e. The number of nitrogens with one attached hydrogen (secondary N) is 3. The third-order valence-corrected chi connectivity index (χ3v) is 10.8. The molecule has 65 heavy (non-hydrogen) atoms. The van der Waals surface area contributed by atoms with Gasteiger partial charge >= 0.3 is 17.9 Å². The molecule has 0 spiro atoms. The van der Waals surface area contributed by atoms with E-state index in [0.717, 1.165) is 19.3 Å². The number of rotatable bonds is 30. The lowest BCUT2D eigenvalue weighted by atomic mass is 9.69. The van der Waals surface area contributed by atoms with Gasteiger partial charge in [-0.15, -0.1) is 0 Å². The topological polar surface area (TPSA) is 305 Å². The second-order valence-electron chi connectivity index (χ2n) is 20.8. The van der Waals surface area contributed by atoms with Crippen molar-refractivity contribution in [2.75, 3.05) is 26.4 Å². The molecule has 3 unspecified atom stereocenters. The Hall–Kier alpha value is -3.42. The molecule has 0 heterocycles. The van der Waals surface area contributed by atoms with Gasteiger partial charge in [-0.3, -0.25) is 28.8 Å². The van der Waals surface area contributed by atoms with Gasteiger partial charge < -0.3 is 62.7 Å². The Morgan fingerprint density at radius 3 is 1.11 bits per heavy atom. The number of nitrogens with two attached hydrogens (primary N) is 3. The van der Waals surface area contributed by atoms with Crippen LogP contribution in [0.15, 0.2) is 0 Å². The molecule has 18 nitrogen and oxygen atoms in total. The average Bonchev–Trinajstić information content (AvgIpc) is 3.13. The van der Waals surface area contributed by atoms with Gasteiger partial charge in [0.2, 0.25) is 17.7 Å². The molecule has 0 rings (SSSR count). The van der Waals surface area contributed by atoms with Crippen LogP contribution in [0, 0.1) is 34.0 Å². The first-order valence-corrected chi connectivity index (χ1v) is 23.2. The molecule has 0 fully saturated rings. The van der Waals surface area contributed by atoms with E-state index in [2.05, 4.69) is 113 Å². The van der Waals surface area contributed by atoms with Crippen LogP contribution in [0.5, 0.6) is 0 Å². The monoisotopic (exact) mass is 935 g/mol. The van der Waals surface area contributed by atoms with E-state index in [1.165, 1.54) is 0 Å². The summed E-state index contributed by atoms with van der Waals surface area (Å²) in [5.74, 6) is -3.25. The molecular formula is C47H94N6O12. The number of amides is 3. The van der Waals surface area contributed by atoms with Crippen molar-refractivity contribution in [3.05, 3.63) is 0 Å². The standard InChI is InChI=1S/C18H36N2O4.C15H30N2O4.C14H28N2O4/c1-8-17(4,5)16(18(6,7)9-2)24-11-12(3)20-15(23)13(19)10-14(21)22;1-10(2)7-15(4,5)9-21-8-11(3)17-14(20)12(16)6-13(18)19;1-8(2)13(9(3)4)20-7-10(5)16-14(19)11(15)6-12(17)18/h12-13,16H,8-11,19H2,1-7H3,(H,20,23)(H,21,22);10-12H,6-9,16H2,1-5H3,(H,17,20)(H,18,19);8-11,13H,6-7,15H2,1-5H3,(H,16,19)(H,17,18)/t12?,13-;11?,12-;10?,11-/m000/s1. The lowest BCUT2D eigenvalue weighted by molar-refractivity contribution is -0.140. The van der Waals surface area contributed by atoms with Crippen LogP contribution < -0.4 is 33.2 Å². The highest BCUT2D eigenvalue weighted by Gasteiger charge is 2.40. The lowest BCUT2D eigenvalue weighted by Gasteiger charge is -2.44. The molecule has 0 aromatic rings. The fraction of sp³-hybridized carbons (Fsp3) is 0.872. The fourth-order valence-electron chi connectivity index (χ4n) is 7.22. The molecule has 0 aliphatic carbocycles. The van der Waals surface area contributed by atoms with Crippen molar-refractivity contribution in [1.29, 1.82) is 0 Å². The normalized spacial score (nSPS) is 14.9. The highest BCUT2D eigenvalue weighted by molar-refractivity contribution is 5.87. The van der Waals surface area contributed by atoms with Crippen LogP contribution >= 0.6 is 0 Å². The minimum Gasteiger partial charge on any atom is -0.481 e. The Balaban J connectivity index is -0.000000891. The van der Waals surface area contributed by atoms with Crippen LogP contribution in [-0.4, -0.2) is 126 Å². The van der Waals surface area contributed by atoms with E-state index in [1.54, 1.807) is 6.92 Å². The fourth-order valence-corrected chi connectivity index (χ4v) is 7.22. The molecular weight excluding hydrogens is 841 g/mol. The highest BCUT2D eigenvalue weighted by atomic mass is 16.5. The summed E-state index contributed by atoms with van der Waals surface area (Å²) >= 11 is 0. The predicted octanol–water partition coefficient (Wildman–Crippen LogP) is 4.92. The Morgan fingerprint density at radius 1 is 0.523 bits per heavy atom. The Bertz CT molecular complexity index is 1380. The smallest absolute Gasteiger partial charge is 0.305 e. The molecule has 0 aliphatic heterocycles. The van der Waals surface area contributed by atoms with E-state index < -0.39 is 53.8 Å². The SMILES string of the molecule is CC(C)CC(C)(C)COCC(C)NC(=O)[C@@H](N)CC(=O)O.CC(COC(C(C)C)C(C)C)NC(=O)[C@@H](N)CC(=O)O.CCC(C)(C)C(OCC(C)NC(=O)[C@@H](N)CC(=O)O)C(C)(C)CC. The molecule has 18 heteroatoms. The summed E-state index contributed by atoms with van der Waals surface area (Å²) in [5.41, 5.74) is 16.7. The van der Waals surface area contributed by atoms with E-state index >= 15 is 0 Å². The van der Waals surface area contributed by atoms with Crippen LogP contribution in [-0.2, 0) is 43.0 Å². The second kappa shape index (κ2) is 32.3. The second-order valence-corrected chi connectivity index (χ2v) is 20.8. The molecule has 0 bridgehead atoms. The van der Waals surface area contributed by atoms with Gasteiger partial charge in [0.1, 0.15) is 0 Å². The zero-order valence-electron chi connectivity index (χ0n) is 43.2. The number of hydrogen-bond acceptors (Lipinski definition) is 12. The molecule has 0 saturated carbocycles. The molecule has 0 aromatic carbocycles. The summed E-state index contributed by atoms with van der Waals surface area (Å²) in [5, 5.41) is 33.9. The van der Waals surface area contributed by atoms with Crippen LogP contribution in [0.2, 0.25) is 0 Å². The number of aliphatic carboxylic acids is 3. The lowest BCUT2D eigenvalue weighted by Crippen LogP contribution is -2.49. The minimum absolute atomic E-state index is 0.0168. The van der Waals surface area contributed by atoms with Crippen molar-refractivity contribution in [2.24, 2.45) is 51.2 Å². The maximum atomic E-state index is 11.9. The van der Waals surface area contributed by atoms with Gasteiger partial charge in [-0.1, -0.05) is 96.9 Å². The molecule has 6 atom stereocenters. The number of carbonyl (C=O) groups is 6. The van der Waals surface area contributed by atoms with Crippen molar-refractivity contribution in [1.82, 2.24) is 16.0 Å². The molecule has 3 amide bonds. The van der Waals surface area contributed by atoms with E-state index in [1.807, 2.05) is 13.8 Å². The Labute approximate surface area is 391 Å². The van der Waals surface area contributed by atoms with Crippen molar-refractivity contribution < 1.29 is 58.3 Å². The molecule has 12 N–H and O–H groups in total. The van der Waals surface area contributed by atoms with E-state index in [-0.39, 0.29) is 65.8 Å². The van der Waals surface area contributed by atoms with Crippen LogP contribution in [0.3, 0.4) is 0 Å². The number of carboxylic acids is 3. The summed E-state index contributed by atoms with van der Waals surface area (Å²) < 4.78 is 17.7. The summed E-state index contributed by atoms with van der Waals surface area (Å²) in [7, 11) is 0. The first kappa shape index (κ1) is 65.9. The molecule has 384 valence electrons. The first-order chi connectivity index (χ1) is 29.5. The molecule has 0 aliphatic rings. The highest BCUT2D eigenvalue weighted by Crippen LogP contribution is 2.41. The largest absolute Gasteiger partial charge is 0.481 e. The molecule has 0 aromatic heterocycles. The quantitative estimate of drug-likeness (QED) is 0.0462. The third kappa shape index (κ3) is 32.0. The summed E-state index contributed by atoms with van der Waals surface area (Å²) in [6.45, 7) is 37.3. The summed E-state index contributed by atoms with van der Waals surface area (Å²) in [4.78, 5) is 66.8. The first-order valence-electron chi connectivity index (χ1n) is 23.2. The molecule has 0 radical (unpaired) electrons. The van der Waals surface area contributed by atoms with E-state index in [0.29, 0.717) is 44.2 Å². The van der Waals surface area contributed by atoms with Crippen LogP contribution in [0.4, 0.5) is 0 Å². The Morgan fingerprint density at radius 2 is 0.831 bits per heavy atom. The number of ether oxygens (including phenoxy) is 3. The van der Waals surface area contributed by atoms with Crippen molar-refractivity contribution in [3.63, 3.8) is 0 Å². The van der Waals surface area contributed by atoms with Crippen molar-refractivity contribution in [3.8, 4) is 0 Å². The van der Waals surface area contributed by atoms with Gasteiger partial charge in [-0.05, 0) is 74.0 Å². The van der Waals surface area contributed by atoms with Gasteiger partial charge in [0.15, 0.2) is 0 Å².